The first-order valence-corrected chi connectivity index (χ1v) is 5.56. The van der Waals surface area contributed by atoms with E-state index in [1.54, 1.807) is 12.4 Å². The predicted molar refractivity (Wildman–Crippen MR) is 68.8 cm³/mol. The number of para-hydroxylation sites is 1. The predicted octanol–water partition coefficient (Wildman–Crippen LogP) is 2.88. The number of nitrogens with two attached hydrogens (primary N) is 1. The zero-order valence-electron chi connectivity index (χ0n) is 8.47. The number of nitrogens with zero attached hydrogens (tertiary/aromatic N) is 2. The molecule has 0 aliphatic rings. The van der Waals surface area contributed by atoms with Crippen molar-refractivity contribution in [1.29, 1.82) is 0 Å². The normalized spacial score (nSPS) is 11.4. The lowest BCUT2D eigenvalue weighted by molar-refractivity contribution is 1.31. The van der Waals surface area contributed by atoms with Gasteiger partial charge in [0.15, 0.2) is 0 Å². The number of rotatable bonds is 2. The molecule has 0 saturated heterocycles. The molecule has 0 amide bonds. The molecule has 80 valence electrons. The monoisotopic (exact) mass is 275 g/mol. The summed E-state index contributed by atoms with van der Waals surface area (Å²) in [7, 11) is 0. The average molecular weight is 276 g/mol. The molecule has 0 spiro atoms. The van der Waals surface area contributed by atoms with Gasteiger partial charge in [-0.2, -0.15) is 0 Å². The number of benzene rings is 1. The van der Waals surface area contributed by atoms with Crippen LogP contribution in [0.5, 0.6) is 0 Å². The zero-order valence-corrected chi connectivity index (χ0v) is 10.1. The smallest absolute Gasteiger partial charge is 0.131 e. The fraction of sp³-hybridized carbons (Fsp3) is 0. The van der Waals surface area contributed by atoms with Gasteiger partial charge in [-0.15, -0.1) is 0 Å². The maximum absolute atomic E-state index is 5.90. The van der Waals surface area contributed by atoms with E-state index in [2.05, 4.69) is 25.9 Å². The number of amidine groups is 1. The van der Waals surface area contributed by atoms with Crippen molar-refractivity contribution in [3.05, 3.63) is 58.8 Å². The van der Waals surface area contributed by atoms with Crippen LogP contribution < -0.4 is 5.73 Å². The van der Waals surface area contributed by atoms with Crippen LogP contribution in [0.25, 0.3) is 0 Å². The largest absolute Gasteiger partial charge is 0.383 e. The summed E-state index contributed by atoms with van der Waals surface area (Å²) < 4.78 is 0.923. The molecule has 1 aromatic carbocycles. The molecule has 1 heterocycles. The first-order valence-electron chi connectivity index (χ1n) is 4.76. The molecule has 0 fully saturated rings. The van der Waals surface area contributed by atoms with E-state index in [4.69, 9.17) is 5.73 Å². The van der Waals surface area contributed by atoms with Crippen LogP contribution in [0.4, 0.5) is 5.69 Å². The lowest BCUT2D eigenvalue weighted by Crippen LogP contribution is -2.12. The highest BCUT2D eigenvalue weighted by Gasteiger charge is 2.00. The minimum absolute atomic E-state index is 0.481. The number of aromatic nitrogens is 1. The highest BCUT2D eigenvalue weighted by molar-refractivity contribution is 9.10. The molecular weight excluding hydrogens is 266 g/mol. The summed E-state index contributed by atoms with van der Waals surface area (Å²) in [6.45, 7) is 0. The molecule has 0 aliphatic carbocycles. The molecule has 0 saturated carbocycles. The quantitative estimate of drug-likeness (QED) is 0.677. The lowest BCUT2D eigenvalue weighted by Gasteiger charge is -2.01. The Morgan fingerprint density at radius 1 is 1.12 bits per heavy atom. The van der Waals surface area contributed by atoms with E-state index in [-0.39, 0.29) is 0 Å². The van der Waals surface area contributed by atoms with Crippen molar-refractivity contribution >= 4 is 27.5 Å². The number of hydrogen-bond acceptors (Lipinski definition) is 2. The molecule has 0 radical (unpaired) electrons. The molecule has 3 nitrogen and oxygen atoms in total. The molecule has 2 aromatic rings. The SMILES string of the molecule is NC(=Nc1ccccc1Br)c1ccncc1. The number of pyridine rings is 1. The third kappa shape index (κ3) is 2.46. The van der Waals surface area contributed by atoms with Crippen LogP contribution in [-0.2, 0) is 0 Å². The number of aliphatic imine (C=N–C) groups is 1. The van der Waals surface area contributed by atoms with Crippen molar-refractivity contribution in [1.82, 2.24) is 4.98 Å². The topological polar surface area (TPSA) is 51.3 Å². The fourth-order valence-electron chi connectivity index (χ4n) is 1.26. The van der Waals surface area contributed by atoms with Crippen LogP contribution in [0.15, 0.2) is 58.3 Å². The second kappa shape index (κ2) is 4.90. The van der Waals surface area contributed by atoms with Gasteiger partial charge < -0.3 is 5.73 Å². The molecule has 0 unspecified atom stereocenters. The molecule has 2 rings (SSSR count). The second-order valence-corrected chi connectivity index (χ2v) is 4.04. The van der Waals surface area contributed by atoms with Gasteiger partial charge in [-0.3, -0.25) is 4.98 Å². The van der Waals surface area contributed by atoms with Crippen molar-refractivity contribution in [3.63, 3.8) is 0 Å². The number of hydrogen-bond donors (Lipinski definition) is 1. The molecule has 16 heavy (non-hydrogen) atoms. The minimum atomic E-state index is 0.481. The van der Waals surface area contributed by atoms with Crippen molar-refractivity contribution in [2.75, 3.05) is 0 Å². The van der Waals surface area contributed by atoms with E-state index in [1.807, 2.05) is 36.4 Å². The van der Waals surface area contributed by atoms with Gasteiger partial charge >= 0.3 is 0 Å². The summed E-state index contributed by atoms with van der Waals surface area (Å²) >= 11 is 3.42. The summed E-state index contributed by atoms with van der Waals surface area (Å²) in [5.41, 5.74) is 7.58. The summed E-state index contributed by atoms with van der Waals surface area (Å²) in [5.74, 6) is 0.481. The zero-order chi connectivity index (χ0) is 11.4. The first kappa shape index (κ1) is 10.8. The van der Waals surface area contributed by atoms with Crippen LogP contribution in [-0.4, -0.2) is 10.8 Å². The Balaban J connectivity index is 2.36. The minimum Gasteiger partial charge on any atom is -0.383 e. The summed E-state index contributed by atoms with van der Waals surface area (Å²) in [5, 5.41) is 0. The van der Waals surface area contributed by atoms with Gasteiger partial charge in [0.05, 0.1) is 5.69 Å². The van der Waals surface area contributed by atoms with Gasteiger partial charge in [0, 0.05) is 22.4 Å². The van der Waals surface area contributed by atoms with Gasteiger partial charge in [0.25, 0.3) is 0 Å². The van der Waals surface area contributed by atoms with Crippen LogP contribution in [0.3, 0.4) is 0 Å². The van der Waals surface area contributed by atoms with E-state index in [0.717, 1.165) is 15.7 Å². The van der Waals surface area contributed by atoms with E-state index >= 15 is 0 Å². The van der Waals surface area contributed by atoms with Crippen molar-refractivity contribution < 1.29 is 0 Å². The number of halogens is 1. The summed E-state index contributed by atoms with van der Waals surface area (Å²) in [4.78, 5) is 8.28. The van der Waals surface area contributed by atoms with Gasteiger partial charge in [-0.1, -0.05) is 12.1 Å². The maximum atomic E-state index is 5.90. The Morgan fingerprint density at radius 3 is 2.50 bits per heavy atom. The van der Waals surface area contributed by atoms with Crippen LogP contribution in [0.2, 0.25) is 0 Å². The standard InChI is InChI=1S/C12H10BrN3/c13-10-3-1-2-4-11(10)16-12(14)9-5-7-15-8-6-9/h1-8H,(H2,14,16). The summed E-state index contributed by atoms with van der Waals surface area (Å²) in [6, 6.07) is 11.3. The van der Waals surface area contributed by atoms with Crippen LogP contribution >= 0.6 is 15.9 Å². The second-order valence-electron chi connectivity index (χ2n) is 3.18. The first-order chi connectivity index (χ1) is 7.77. The third-order valence-corrected chi connectivity index (χ3v) is 2.74. The summed E-state index contributed by atoms with van der Waals surface area (Å²) in [6.07, 6.45) is 3.38. The van der Waals surface area contributed by atoms with Gasteiger partial charge in [0.1, 0.15) is 5.84 Å². The van der Waals surface area contributed by atoms with E-state index in [9.17, 15) is 0 Å². The van der Waals surface area contributed by atoms with Crippen LogP contribution in [0.1, 0.15) is 5.56 Å². The van der Waals surface area contributed by atoms with Crippen molar-refractivity contribution in [3.8, 4) is 0 Å². The highest BCUT2D eigenvalue weighted by Crippen LogP contribution is 2.24. The van der Waals surface area contributed by atoms with E-state index in [0.29, 0.717) is 5.84 Å². The maximum Gasteiger partial charge on any atom is 0.131 e. The third-order valence-electron chi connectivity index (χ3n) is 2.07. The molecule has 0 aliphatic heterocycles. The Labute approximate surface area is 102 Å². The van der Waals surface area contributed by atoms with Crippen LogP contribution in [0, 0.1) is 0 Å². The van der Waals surface area contributed by atoms with E-state index < -0.39 is 0 Å². The molecule has 2 N–H and O–H groups in total. The van der Waals surface area contributed by atoms with E-state index in [1.165, 1.54) is 0 Å². The van der Waals surface area contributed by atoms with Gasteiger partial charge in [-0.25, -0.2) is 4.99 Å². The molecule has 0 bridgehead atoms. The molecule has 0 atom stereocenters. The Kier molecular flexibility index (Phi) is 3.31. The molecule has 4 heteroatoms. The highest BCUT2D eigenvalue weighted by atomic mass is 79.9. The Bertz CT molecular complexity index is 509. The lowest BCUT2D eigenvalue weighted by atomic mass is 10.2. The van der Waals surface area contributed by atoms with Gasteiger partial charge in [0.2, 0.25) is 0 Å². The Hall–Kier alpha value is -1.68. The fourth-order valence-corrected chi connectivity index (χ4v) is 1.63. The van der Waals surface area contributed by atoms with Gasteiger partial charge in [-0.05, 0) is 40.2 Å². The average Bonchev–Trinajstić information content (AvgIpc) is 2.33. The van der Waals surface area contributed by atoms with Crippen molar-refractivity contribution in [2.24, 2.45) is 10.7 Å². The van der Waals surface area contributed by atoms with Crippen molar-refractivity contribution in [2.45, 2.75) is 0 Å². The molecule has 1 aromatic heterocycles. The Morgan fingerprint density at radius 2 is 1.81 bits per heavy atom. The molecular formula is C12H10BrN3.